The molecule has 0 atom stereocenters. The summed E-state index contributed by atoms with van der Waals surface area (Å²) in [6.07, 6.45) is 1.54. The molecule has 0 aliphatic rings. The van der Waals surface area contributed by atoms with E-state index >= 15 is 0 Å². The van der Waals surface area contributed by atoms with Crippen LogP contribution in [0.25, 0.3) is 0 Å². The van der Waals surface area contributed by atoms with Crippen molar-refractivity contribution in [2.45, 2.75) is 6.61 Å². The van der Waals surface area contributed by atoms with Crippen LogP contribution in [-0.2, 0) is 6.61 Å². The SMILES string of the molecule is COc1cc(/C=N\NC(=O)c2cccc(Br)c2)ccc1OCc1cccc(Cl)c1. The summed E-state index contributed by atoms with van der Waals surface area (Å²) in [5, 5.41) is 4.67. The van der Waals surface area contributed by atoms with Gasteiger partial charge in [0.1, 0.15) is 6.61 Å². The first-order chi connectivity index (χ1) is 14.0. The molecule has 0 aliphatic carbocycles. The molecule has 0 bridgehead atoms. The van der Waals surface area contributed by atoms with Gasteiger partial charge >= 0.3 is 0 Å². The summed E-state index contributed by atoms with van der Waals surface area (Å²) in [6.45, 7) is 0.368. The zero-order chi connectivity index (χ0) is 20.6. The fourth-order valence-electron chi connectivity index (χ4n) is 2.53. The number of ether oxygens (including phenoxy) is 2. The van der Waals surface area contributed by atoms with Gasteiger partial charge in [-0.2, -0.15) is 5.10 Å². The number of amides is 1. The molecule has 5 nitrogen and oxygen atoms in total. The van der Waals surface area contributed by atoms with Gasteiger partial charge in [-0.05, 0) is 59.7 Å². The lowest BCUT2D eigenvalue weighted by Crippen LogP contribution is -2.17. The molecule has 3 rings (SSSR count). The van der Waals surface area contributed by atoms with E-state index in [9.17, 15) is 4.79 Å². The number of methoxy groups -OCH3 is 1. The maximum Gasteiger partial charge on any atom is 0.271 e. The van der Waals surface area contributed by atoms with Crippen molar-refractivity contribution < 1.29 is 14.3 Å². The first-order valence-corrected chi connectivity index (χ1v) is 9.86. The van der Waals surface area contributed by atoms with Crippen LogP contribution >= 0.6 is 27.5 Å². The smallest absolute Gasteiger partial charge is 0.271 e. The Hall–Kier alpha value is -2.83. The Morgan fingerprint density at radius 2 is 1.93 bits per heavy atom. The van der Waals surface area contributed by atoms with Crippen LogP contribution in [0.2, 0.25) is 5.02 Å². The van der Waals surface area contributed by atoms with Crippen LogP contribution < -0.4 is 14.9 Å². The van der Waals surface area contributed by atoms with E-state index in [-0.39, 0.29) is 5.91 Å². The average molecular weight is 474 g/mol. The second-order valence-corrected chi connectivity index (χ2v) is 7.39. The van der Waals surface area contributed by atoms with Crippen LogP contribution in [0, 0.1) is 0 Å². The molecule has 148 valence electrons. The zero-order valence-electron chi connectivity index (χ0n) is 15.6. The lowest BCUT2D eigenvalue weighted by Gasteiger charge is -2.11. The molecule has 1 N–H and O–H groups in total. The van der Waals surface area contributed by atoms with Crippen molar-refractivity contribution in [3.8, 4) is 11.5 Å². The van der Waals surface area contributed by atoms with Crippen molar-refractivity contribution in [1.82, 2.24) is 5.43 Å². The van der Waals surface area contributed by atoms with Gasteiger partial charge in [-0.3, -0.25) is 4.79 Å². The summed E-state index contributed by atoms with van der Waals surface area (Å²) in [4.78, 5) is 12.1. The minimum Gasteiger partial charge on any atom is -0.493 e. The Labute approximate surface area is 182 Å². The predicted octanol–water partition coefficient (Wildman–Crippen LogP) is 5.45. The number of nitrogens with zero attached hydrogens (tertiary/aromatic N) is 1. The fourth-order valence-corrected chi connectivity index (χ4v) is 3.14. The molecule has 3 aromatic carbocycles. The largest absolute Gasteiger partial charge is 0.493 e. The van der Waals surface area contributed by atoms with E-state index in [2.05, 4.69) is 26.5 Å². The van der Waals surface area contributed by atoms with Gasteiger partial charge in [0.25, 0.3) is 5.91 Å². The Morgan fingerprint density at radius 3 is 2.69 bits per heavy atom. The Kier molecular flexibility index (Phi) is 7.27. The number of carbonyl (C=O) groups is 1. The van der Waals surface area contributed by atoms with Gasteiger partial charge in [0.15, 0.2) is 11.5 Å². The standard InChI is InChI=1S/C22H18BrClN2O3/c1-28-21-11-15(13-25-26-22(27)17-5-3-6-18(23)12-17)8-9-20(21)29-14-16-4-2-7-19(24)10-16/h2-13H,14H2,1H3,(H,26,27)/b25-13-. The summed E-state index contributed by atoms with van der Waals surface area (Å²) in [5.74, 6) is 0.869. The molecule has 1 amide bonds. The molecule has 0 saturated carbocycles. The van der Waals surface area contributed by atoms with Crippen LogP contribution in [0.4, 0.5) is 0 Å². The minimum atomic E-state index is -0.295. The van der Waals surface area contributed by atoms with E-state index in [1.807, 2.05) is 36.4 Å². The highest BCUT2D eigenvalue weighted by Crippen LogP contribution is 2.28. The Balaban J connectivity index is 1.63. The van der Waals surface area contributed by atoms with Crippen molar-refractivity contribution in [3.05, 3.63) is 92.9 Å². The van der Waals surface area contributed by atoms with Crippen molar-refractivity contribution in [2.75, 3.05) is 7.11 Å². The van der Waals surface area contributed by atoms with E-state index in [4.69, 9.17) is 21.1 Å². The molecular formula is C22H18BrClN2O3. The molecule has 0 saturated heterocycles. The van der Waals surface area contributed by atoms with Crippen molar-refractivity contribution >= 4 is 39.7 Å². The van der Waals surface area contributed by atoms with Crippen LogP contribution in [0.15, 0.2) is 76.3 Å². The highest BCUT2D eigenvalue weighted by molar-refractivity contribution is 9.10. The van der Waals surface area contributed by atoms with Crippen molar-refractivity contribution in [3.63, 3.8) is 0 Å². The summed E-state index contributed by atoms with van der Waals surface area (Å²) in [7, 11) is 1.57. The topological polar surface area (TPSA) is 59.9 Å². The molecule has 3 aromatic rings. The van der Waals surface area contributed by atoms with Crippen LogP contribution in [0.5, 0.6) is 11.5 Å². The molecule has 0 aromatic heterocycles. The molecule has 0 spiro atoms. The molecule has 0 aliphatic heterocycles. The maximum atomic E-state index is 12.1. The lowest BCUT2D eigenvalue weighted by atomic mass is 10.2. The van der Waals surface area contributed by atoms with Gasteiger partial charge in [0.2, 0.25) is 0 Å². The summed E-state index contributed by atoms with van der Waals surface area (Å²) >= 11 is 9.33. The number of benzene rings is 3. The molecular weight excluding hydrogens is 456 g/mol. The first kappa shape index (κ1) is 20.9. The summed E-state index contributed by atoms with van der Waals surface area (Å²) in [6, 6.07) is 19.9. The predicted molar refractivity (Wildman–Crippen MR) is 118 cm³/mol. The highest BCUT2D eigenvalue weighted by Gasteiger charge is 2.07. The second-order valence-electron chi connectivity index (χ2n) is 6.04. The van der Waals surface area contributed by atoms with Crippen molar-refractivity contribution in [2.24, 2.45) is 5.10 Å². The van der Waals surface area contributed by atoms with Crippen LogP contribution in [0.3, 0.4) is 0 Å². The second kappa shape index (κ2) is 10.1. The van der Waals surface area contributed by atoms with Crippen molar-refractivity contribution in [1.29, 1.82) is 0 Å². The number of rotatable bonds is 7. The Morgan fingerprint density at radius 1 is 1.10 bits per heavy atom. The van der Waals surface area contributed by atoms with E-state index in [0.717, 1.165) is 15.6 Å². The fraction of sp³-hybridized carbons (Fsp3) is 0.0909. The Bertz CT molecular complexity index is 1040. The third-order valence-electron chi connectivity index (χ3n) is 3.94. The summed E-state index contributed by atoms with van der Waals surface area (Å²) < 4.78 is 12.1. The number of hydrazone groups is 1. The molecule has 0 unspecified atom stereocenters. The average Bonchev–Trinajstić information content (AvgIpc) is 2.72. The van der Waals surface area contributed by atoms with Gasteiger partial charge in [-0.15, -0.1) is 0 Å². The normalized spacial score (nSPS) is 10.7. The van der Waals surface area contributed by atoms with Gasteiger partial charge < -0.3 is 9.47 Å². The maximum absolute atomic E-state index is 12.1. The first-order valence-electron chi connectivity index (χ1n) is 8.69. The third kappa shape index (κ3) is 6.07. The number of halogens is 2. The van der Waals surface area contributed by atoms with E-state index in [0.29, 0.717) is 28.7 Å². The number of carbonyl (C=O) groups excluding carboxylic acids is 1. The molecule has 0 heterocycles. The van der Waals surface area contributed by atoms with Crippen LogP contribution in [-0.4, -0.2) is 19.2 Å². The summed E-state index contributed by atoms with van der Waals surface area (Å²) in [5.41, 5.74) is 4.73. The number of hydrogen-bond donors (Lipinski definition) is 1. The van der Waals surface area contributed by atoms with Crippen LogP contribution in [0.1, 0.15) is 21.5 Å². The number of nitrogens with one attached hydrogen (secondary N) is 1. The molecule has 0 fully saturated rings. The molecule has 0 radical (unpaired) electrons. The lowest BCUT2D eigenvalue weighted by molar-refractivity contribution is 0.0955. The van der Waals surface area contributed by atoms with E-state index in [1.54, 1.807) is 43.7 Å². The van der Waals surface area contributed by atoms with Gasteiger partial charge in [-0.1, -0.05) is 45.7 Å². The molecule has 29 heavy (non-hydrogen) atoms. The van der Waals surface area contributed by atoms with Gasteiger partial charge in [0, 0.05) is 15.1 Å². The third-order valence-corrected chi connectivity index (χ3v) is 4.67. The number of hydrogen-bond acceptors (Lipinski definition) is 4. The van der Waals surface area contributed by atoms with Gasteiger partial charge in [0.05, 0.1) is 13.3 Å². The highest BCUT2D eigenvalue weighted by atomic mass is 79.9. The van der Waals surface area contributed by atoms with E-state index in [1.165, 1.54) is 0 Å². The monoisotopic (exact) mass is 472 g/mol. The quantitative estimate of drug-likeness (QED) is 0.366. The zero-order valence-corrected chi connectivity index (χ0v) is 17.9. The minimum absolute atomic E-state index is 0.295. The van der Waals surface area contributed by atoms with E-state index < -0.39 is 0 Å². The van der Waals surface area contributed by atoms with Gasteiger partial charge in [-0.25, -0.2) is 5.43 Å². The molecule has 7 heteroatoms.